The van der Waals surface area contributed by atoms with Gasteiger partial charge in [0.1, 0.15) is 5.58 Å². The van der Waals surface area contributed by atoms with Gasteiger partial charge in [-0.05, 0) is 42.9 Å². The first-order valence-corrected chi connectivity index (χ1v) is 9.67. The van der Waals surface area contributed by atoms with Crippen molar-refractivity contribution in [3.05, 3.63) is 36.1 Å². The third-order valence-corrected chi connectivity index (χ3v) is 5.54. The predicted molar refractivity (Wildman–Crippen MR) is 99.0 cm³/mol. The molecule has 4 rings (SSSR count). The second-order valence-electron chi connectivity index (χ2n) is 7.54. The number of furan rings is 1. The Hall–Kier alpha value is -1.85. The third-order valence-electron chi connectivity index (χ3n) is 5.54. The van der Waals surface area contributed by atoms with Crippen molar-refractivity contribution >= 4 is 16.9 Å². The molecule has 1 atom stereocenters. The van der Waals surface area contributed by atoms with E-state index in [0.29, 0.717) is 38.0 Å². The Balaban J connectivity index is 1.37. The molecule has 0 aliphatic carbocycles. The number of rotatable bonds is 4. The van der Waals surface area contributed by atoms with E-state index in [1.165, 1.54) is 5.56 Å². The Labute approximate surface area is 154 Å². The van der Waals surface area contributed by atoms with Crippen LogP contribution >= 0.6 is 0 Å². The monoisotopic (exact) mass is 357 g/mol. The Morgan fingerprint density at radius 3 is 2.85 bits per heavy atom. The summed E-state index contributed by atoms with van der Waals surface area (Å²) in [4.78, 5) is 14.8. The molecule has 2 saturated heterocycles. The van der Waals surface area contributed by atoms with Crippen LogP contribution in [0, 0.1) is 11.8 Å². The van der Waals surface area contributed by atoms with Crippen LogP contribution in [0.25, 0.3) is 11.0 Å². The first-order chi connectivity index (χ1) is 12.8. The summed E-state index contributed by atoms with van der Waals surface area (Å²) in [5.41, 5.74) is 2.16. The van der Waals surface area contributed by atoms with Gasteiger partial charge in [0.25, 0.3) is 0 Å². The summed E-state index contributed by atoms with van der Waals surface area (Å²) in [5.74, 6) is 1.07. The van der Waals surface area contributed by atoms with E-state index in [0.717, 1.165) is 50.0 Å². The first-order valence-electron chi connectivity index (χ1n) is 9.67. The van der Waals surface area contributed by atoms with E-state index in [1.54, 1.807) is 6.26 Å². The van der Waals surface area contributed by atoms with Crippen molar-refractivity contribution in [2.75, 3.05) is 39.5 Å². The number of carbonyl (C=O) groups is 1. The van der Waals surface area contributed by atoms with Crippen LogP contribution in [0.2, 0.25) is 0 Å². The van der Waals surface area contributed by atoms with E-state index in [9.17, 15) is 4.79 Å². The lowest BCUT2D eigenvalue weighted by atomic mass is 9.95. The fourth-order valence-corrected chi connectivity index (χ4v) is 4.02. The standard InChI is InChI=1S/C21H27NO4/c23-21(13-16-3-7-24-8-4-16)22-6-10-25-15-18(14-22)11-17-1-2-19-5-9-26-20(19)12-17/h1-2,5,9,12,16,18H,3-4,6-8,10-11,13-15H2. The highest BCUT2D eigenvalue weighted by Crippen LogP contribution is 2.23. The van der Waals surface area contributed by atoms with Crippen LogP contribution in [0.15, 0.2) is 34.9 Å². The van der Waals surface area contributed by atoms with Crippen LogP contribution in [0.5, 0.6) is 0 Å². The molecule has 2 aromatic rings. The maximum atomic E-state index is 12.8. The molecule has 1 aromatic heterocycles. The molecule has 0 saturated carbocycles. The van der Waals surface area contributed by atoms with E-state index in [-0.39, 0.29) is 5.91 Å². The van der Waals surface area contributed by atoms with Gasteiger partial charge in [-0.25, -0.2) is 0 Å². The molecule has 5 heteroatoms. The summed E-state index contributed by atoms with van der Waals surface area (Å²) in [6.07, 6.45) is 5.28. The Kier molecular flexibility index (Phi) is 5.56. The zero-order valence-corrected chi connectivity index (χ0v) is 15.2. The number of fused-ring (bicyclic) bond motifs is 1. The van der Waals surface area contributed by atoms with Crippen molar-refractivity contribution in [2.24, 2.45) is 11.8 Å². The van der Waals surface area contributed by atoms with Gasteiger partial charge in [-0.15, -0.1) is 0 Å². The highest BCUT2D eigenvalue weighted by atomic mass is 16.5. The fraction of sp³-hybridized carbons (Fsp3) is 0.571. The Morgan fingerprint density at radius 1 is 1.08 bits per heavy atom. The lowest BCUT2D eigenvalue weighted by molar-refractivity contribution is -0.133. The maximum Gasteiger partial charge on any atom is 0.222 e. The zero-order chi connectivity index (χ0) is 17.8. The molecule has 0 N–H and O–H groups in total. The topological polar surface area (TPSA) is 51.9 Å². The Bertz CT molecular complexity index is 734. The molecule has 1 unspecified atom stereocenters. The van der Waals surface area contributed by atoms with Gasteiger partial charge in [0, 0.05) is 44.0 Å². The molecule has 5 nitrogen and oxygen atoms in total. The minimum Gasteiger partial charge on any atom is -0.464 e. The molecule has 0 bridgehead atoms. The van der Waals surface area contributed by atoms with Gasteiger partial charge < -0.3 is 18.8 Å². The second-order valence-corrected chi connectivity index (χ2v) is 7.54. The van der Waals surface area contributed by atoms with Gasteiger partial charge in [-0.2, -0.15) is 0 Å². The lowest BCUT2D eigenvalue weighted by Crippen LogP contribution is -2.37. The molecule has 26 heavy (non-hydrogen) atoms. The fourth-order valence-electron chi connectivity index (χ4n) is 4.02. The molecule has 1 amide bonds. The maximum absolute atomic E-state index is 12.8. The van der Waals surface area contributed by atoms with Crippen LogP contribution in [0.4, 0.5) is 0 Å². The van der Waals surface area contributed by atoms with E-state index >= 15 is 0 Å². The predicted octanol–water partition coefficient (Wildman–Crippen LogP) is 3.27. The average Bonchev–Trinajstić information content (AvgIpc) is 3.00. The SMILES string of the molecule is O=C(CC1CCOCC1)N1CCOCC(Cc2ccc3ccoc3c2)C1. The average molecular weight is 357 g/mol. The van der Waals surface area contributed by atoms with Crippen LogP contribution in [-0.4, -0.2) is 50.3 Å². The minimum absolute atomic E-state index is 0.272. The van der Waals surface area contributed by atoms with Gasteiger partial charge in [-0.3, -0.25) is 4.79 Å². The van der Waals surface area contributed by atoms with E-state index in [1.807, 2.05) is 11.0 Å². The smallest absolute Gasteiger partial charge is 0.222 e. The lowest BCUT2D eigenvalue weighted by Gasteiger charge is -2.27. The number of ether oxygens (including phenoxy) is 2. The van der Waals surface area contributed by atoms with Gasteiger partial charge in [-0.1, -0.05) is 12.1 Å². The van der Waals surface area contributed by atoms with Gasteiger partial charge in [0.2, 0.25) is 5.91 Å². The van der Waals surface area contributed by atoms with Gasteiger partial charge in [0.05, 0.1) is 19.5 Å². The molecule has 2 fully saturated rings. The largest absolute Gasteiger partial charge is 0.464 e. The highest BCUT2D eigenvalue weighted by molar-refractivity contribution is 5.77. The van der Waals surface area contributed by atoms with Gasteiger partial charge >= 0.3 is 0 Å². The normalized spacial score (nSPS) is 22.5. The van der Waals surface area contributed by atoms with Crippen LogP contribution < -0.4 is 0 Å². The summed E-state index contributed by atoms with van der Waals surface area (Å²) in [6.45, 7) is 4.40. The molecule has 0 spiro atoms. The number of nitrogens with zero attached hydrogens (tertiary/aromatic N) is 1. The highest BCUT2D eigenvalue weighted by Gasteiger charge is 2.25. The number of carbonyl (C=O) groups excluding carboxylic acids is 1. The van der Waals surface area contributed by atoms with Crippen LogP contribution in [0.1, 0.15) is 24.8 Å². The summed E-state index contributed by atoms with van der Waals surface area (Å²) in [7, 11) is 0. The molecule has 140 valence electrons. The van der Waals surface area contributed by atoms with Crippen molar-refractivity contribution in [3.8, 4) is 0 Å². The quantitative estimate of drug-likeness (QED) is 0.843. The molecule has 0 radical (unpaired) electrons. The van der Waals surface area contributed by atoms with Crippen LogP contribution in [0.3, 0.4) is 0 Å². The molecular formula is C21H27NO4. The van der Waals surface area contributed by atoms with Crippen LogP contribution in [-0.2, 0) is 20.7 Å². The number of amides is 1. The van der Waals surface area contributed by atoms with Crippen molar-refractivity contribution in [2.45, 2.75) is 25.7 Å². The second kappa shape index (κ2) is 8.23. The summed E-state index contributed by atoms with van der Waals surface area (Å²) < 4.78 is 16.7. The first kappa shape index (κ1) is 17.6. The molecular weight excluding hydrogens is 330 g/mol. The number of hydrogen-bond acceptors (Lipinski definition) is 4. The molecule has 2 aliphatic rings. The number of benzene rings is 1. The van der Waals surface area contributed by atoms with E-state index in [4.69, 9.17) is 13.9 Å². The van der Waals surface area contributed by atoms with E-state index in [2.05, 4.69) is 18.2 Å². The van der Waals surface area contributed by atoms with Crippen molar-refractivity contribution in [1.82, 2.24) is 4.90 Å². The summed E-state index contributed by atoms with van der Waals surface area (Å²) >= 11 is 0. The molecule has 1 aromatic carbocycles. The van der Waals surface area contributed by atoms with Crippen molar-refractivity contribution < 1.29 is 18.7 Å². The summed E-state index contributed by atoms with van der Waals surface area (Å²) in [5, 5.41) is 1.12. The molecule has 2 aliphatic heterocycles. The van der Waals surface area contributed by atoms with Crippen molar-refractivity contribution in [1.29, 1.82) is 0 Å². The zero-order valence-electron chi connectivity index (χ0n) is 15.2. The molecule has 3 heterocycles. The van der Waals surface area contributed by atoms with Crippen molar-refractivity contribution in [3.63, 3.8) is 0 Å². The van der Waals surface area contributed by atoms with E-state index < -0.39 is 0 Å². The minimum atomic E-state index is 0.272. The number of hydrogen-bond donors (Lipinski definition) is 0. The van der Waals surface area contributed by atoms with Gasteiger partial charge in [0.15, 0.2) is 0 Å². The summed E-state index contributed by atoms with van der Waals surface area (Å²) in [6, 6.07) is 8.33. The Morgan fingerprint density at radius 2 is 1.96 bits per heavy atom. The third kappa shape index (κ3) is 4.27.